The van der Waals surface area contributed by atoms with E-state index in [1.807, 2.05) is 6.92 Å². The lowest BCUT2D eigenvalue weighted by molar-refractivity contribution is 0.0796. The Morgan fingerprint density at radius 1 is 1.32 bits per heavy atom. The molecular formula is C17H31N3O2. The second-order valence-corrected chi connectivity index (χ2v) is 6.04. The third-order valence-electron chi connectivity index (χ3n) is 4.20. The van der Waals surface area contributed by atoms with Crippen LogP contribution in [0.3, 0.4) is 0 Å². The van der Waals surface area contributed by atoms with Crippen LogP contribution in [0.2, 0.25) is 0 Å². The topological polar surface area (TPSA) is 58.4 Å². The Balaban J connectivity index is 2.71. The lowest BCUT2D eigenvalue weighted by atomic mass is 9.93. The van der Waals surface area contributed by atoms with Crippen molar-refractivity contribution in [2.75, 3.05) is 19.6 Å². The third kappa shape index (κ3) is 4.83. The van der Waals surface area contributed by atoms with Gasteiger partial charge in [0.2, 0.25) is 0 Å². The molecule has 0 spiro atoms. The van der Waals surface area contributed by atoms with Crippen molar-refractivity contribution >= 4 is 5.91 Å². The molecule has 1 aromatic heterocycles. The van der Waals surface area contributed by atoms with Crippen LogP contribution in [0.5, 0.6) is 0 Å². The van der Waals surface area contributed by atoms with Crippen LogP contribution in [-0.4, -0.2) is 41.1 Å². The number of aromatic nitrogens is 1. The zero-order chi connectivity index (χ0) is 16.6. The molecule has 1 atom stereocenters. The van der Waals surface area contributed by atoms with Crippen molar-refractivity contribution in [2.24, 2.45) is 0 Å². The molecule has 0 aliphatic rings. The van der Waals surface area contributed by atoms with Crippen LogP contribution >= 0.6 is 0 Å². The van der Waals surface area contributed by atoms with Crippen molar-refractivity contribution in [2.45, 2.75) is 65.8 Å². The molecule has 0 bridgehead atoms. The minimum absolute atomic E-state index is 0.0213. The van der Waals surface area contributed by atoms with Gasteiger partial charge in [0.1, 0.15) is 5.76 Å². The van der Waals surface area contributed by atoms with Crippen LogP contribution < -0.4 is 5.32 Å². The quantitative estimate of drug-likeness (QED) is 0.721. The summed E-state index contributed by atoms with van der Waals surface area (Å²) >= 11 is 0. The van der Waals surface area contributed by atoms with E-state index in [2.05, 4.69) is 43.1 Å². The molecule has 1 amide bonds. The van der Waals surface area contributed by atoms with Crippen LogP contribution in [-0.2, 0) is 6.42 Å². The van der Waals surface area contributed by atoms with Crippen molar-refractivity contribution in [1.29, 1.82) is 0 Å². The van der Waals surface area contributed by atoms with E-state index in [0.717, 1.165) is 44.5 Å². The molecule has 0 aliphatic heterocycles. The molecular weight excluding hydrogens is 278 g/mol. The molecule has 0 saturated carbocycles. The Morgan fingerprint density at radius 2 is 2.05 bits per heavy atom. The lowest BCUT2D eigenvalue weighted by Gasteiger charge is -2.41. The minimum Gasteiger partial charge on any atom is -0.361 e. The normalized spacial score (nSPS) is 14.1. The number of likely N-dealkylation sites (N-methyl/N-ethyl adjacent to an activating group) is 1. The summed E-state index contributed by atoms with van der Waals surface area (Å²) in [7, 11) is 0. The van der Waals surface area contributed by atoms with Crippen molar-refractivity contribution in [3.05, 3.63) is 17.5 Å². The Hall–Kier alpha value is -1.36. The highest BCUT2D eigenvalue weighted by atomic mass is 16.5. The van der Waals surface area contributed by atoms with Gasteiger partial charge in [-0.25, -0.2) is 0 Å². The van der Waals surface area contributed by atoms with Crippen molar-refractivity contribution in [1.82, 2.24) is 15.4 Å². The SMILES string of the molecule is CCCN(CC)C(C)(CCC)CNC(=O)c1cc(CC)on1. The van der Waals surface area contributed by atoms with Crippen LogP contribution in [0.1, 0.15) is 70.1 Å². The average molecular weight is 309 g/mol. The monoisotopic (exact) mass is 309 g/mol. The van der Waals surface area contributed by atoms with E-state index in [1.165, 1.54) is 0 Å². The highest BCUT2D eigenvalue weighted by molar-refractivity contribution is 5.92. The number of nitrogens with one attached hydrogen (secondary N) is 1. The first kappa shape index (κ1) is 18.7. The molecule has 1 heterocycles. The Kier molecular flexibility index (Phi) is 7.59. The fraction of sp³-hybridized carbons (Fsp3) is 0.765. The maximum Gasteiger partial charge on any atom is 0.273 e. The van der Waals surface area contributed by atoms with Gasteiger partial charge in [0, 0.05) is 24.6 Å². The van der Waals surface area contributed by atoms with Gasteiger partial charge in [-0.2, -0.15) is 0 Å². The summed E-state index contributed by atoms with van der Waals surface area (Å²) < 4.78 is 5.10. The summed E-state index contributed by atoms with van der Waals surface area (Å²) in [6.45, 7) is 13.4. The number of hydrogen-bond donors (Lipinski definition) is 1. The molecule has 0 aliphatic carbocycles. The molecule has 0 saturated heterocycles. The van der Waals surface area contributed by atoms with Crippen molar-refractivity contribution < 1.29 is 9.32 Å². The molecule has 22 heavy (non-hydrogen) atoms. The zero-order valence-corrected chi connectivity index (χ0v) is 14.7. The van der Waals surface area contributed by atoms with Crippen molar-refractivity contribution in [3.8, 4) is 0 Å². The molecule has 126 valence electrons. The first-order valence-corrected chi connectivity index (χ1v) is 8.49. The van der Waals surface area contributed by atoms with Crippen LogP contribution in [0, 0.1) is 0 Å². The predicted molar refractivity (Wildman–Crippen MR) is 89.1 cm³/mol. The highest BCUT2D eigenvalue weighted by Gasteiger charge is 2.30. The fourth-order valence-electron chi connectivity index (χ4n) is 2.92. The molecule has 0 aromatic carbocycles. The van der Waals surface area contributed by atoms with E-state index < -0.39 is 0 Å². The van der Waals surface area contributed by atoms with Crippen LogP contribution in [0.15, 0.2) is 10.6 Å². The Labute approximate surface area is 134 Å². The van der Waals surface area contributed by atoms with Crippen molar-refractivity contribution in [3.63, 3.8) is 0 Å². The van der Waals surface area contributed by atoms with Gasteiger partial charge in [-0.05, 0) is 32.9 Å². The van der Waals surface area contributed by atoms with E-state index in [1.54, 1.807) is 6.07 Å². The number of carbonyl (C=O) groups is 1. The molecule has 0 radical (unpaired) electrons. The summed E-state index contributed by atoms with van der Waals surface area (Å²) in [6.07, 6.45) is 4.01. The predicted octanol–water partition coefficient (Wildman–Crippen LogP) is 3.26. The highest BCUT2D eigenvalue weighted by Crippen LogP contribution is 2.21. The number of amides is 1. The van der Waals surface area contributed by atoms with E-state index in [-0.39, 0.29) is 11.4 Å². The molecule has 1 unspecified atom stereocenters. The summed E-state index contributed by atoms with van der Waals surface area (Å²) in [4.78, 5) is 14.7. The second kappa shape index (κ2) is 8.93. The van der Waals surface area contributed by atoms with E-state index in [0.29, 0.717) is 12.2 Å². The van der Waals surface area contributed by atoms with E-state index >= 15 is 0 Å². The van der Waals surface area contributed by atoms with E-state index in [9.17, 15) is 4.79 Å². The molecule has 0 fully saturated rings. The standard InChI is InChI=1S/C17H31N3O2/c1-6-10-17(5,20(9-4)11-7-2)13-18-16(21)15-12-14(8-3)22-19-15/h12H,6-11,13H2,1-5H3,(H,18,21). The van der Waals surface area contributed by atoms with Gasteiger partial charge in [0.05, 0.1) is 0 Å². The number of nitrogens with zero attached hydrogens (tertiary/aromatic N) is 2. The number of hydrogen-bond acceptors (Lipinski definition) is 4. The van der Waals surface area contributed by atoms with Gasteiger partial charge in [0.15, 0.2) is 5.69 Å². The van der Waals surface area contributed by atoms with Gasteiger partial charge >= 0.3 is 0 Å². The number of carbonyl (C=O) groups excluding carboxylic acids is 1. The van der Waals surface area contributed by atoms with Gasteiger partial charge in [0.25, 0.3) is 5.91 Å². The average Bonchev–Trinajstić information content (AvgIpc) is 2.99. The molecule has 1 N–H and O–H groups in total. The summed E-state index contributed by atoms with van der Waals surface area (Å²) in [5.74, 6) is 0.584. The number of aryl methyl sites for hydroxylation is 1. The van der Waals surface area contributed by atoms with Crippen LogP contribution in [0.4, 0.5) is 0 Å². The summed E-state index contributed by atoms with van der Waals surface area (Å²) in [5, 5.41) is 6.87. The minimum atomic E-state index is -0.154. The molecule has 1 rings (SSSR count). The smallest absolute Gasteiger partial charge is 0.273 e. The maximum atomic E-state index is 12.2. The maximum absolute atomic E-state index is 12.2. The van der Waals surface area contributed by atoms with Gasteiger partial charge in [-0.1, -0.05) is 39.3 Å². The van der Waals surface area contributed by atoms with E-state index in [4.69, 9.17) is 4.52 Å². The second-order valence-electron chi connectivity index (χ2n) is 6.04. The molecule has 5 heteroatoms. The lowest BCUT2D eigenvalue weighted by Crippen LogP contribution is -2.54. The fourth-order valence-corrected chi connectivity index (χ4v) is 2.92. The molecule has 5 nitrogen and oxygen atoms in total. The Bertz CT molecular complexity index is 459. The molecule has 1 aromatic rings. The first-order chi connectivity index (χ1) is 10.5. The van der Waals surface area contributed by atoms with Gasteiger partial charge in [-0.3, -0.25) is 9.69 Å². The van der Waals surface area contributed by atoms with Crippen LogP contribution in [0.25, 0.3) is 0 Å². The third-order valence-corrected chi connectivity index (χ3v) is 4.20. The summed E-state index contributed by atoms with van der Waals surface area (Å²) in [5.41, 5.74) is 0.348. The first-order valence-electron chi connectivity index (χ1n) is 8.49. The summed E-state index contributed by atoms with van der Waals surface area (Å²) in [6, 6.07) is 1.72. The van der Waals surface area contributed by atoms with Gasteiger partial charge < -0.3 is 9.84 Å². The van der Waals surface area contributed by atoms with Gasteiger partial charge in [-0.15, -0.1) is 0 Å². The zero-order valence-electron chi connectivity index (χ0n) is 14.7. The Morgan fingerprint density at radius 3 is 2.55 bits per heavy atom. The largest absolute Gasteiger partial charge is 0.361 e. The number of rotatable bonds is 10.